The van der Waals surface area contributed by atoms with Crippen LogP contribution in [0.15, 0.2) is 18.2 Å². The Labute approximate surface area is 104 Å². The van der Waals surface area contributed by atoms with Crippen molar-refractivity contribution in [2.24, 2.45) is 5.92 Å². The van der Waals surface area contributed by atoms with Crippen molar-refractivity contribution in [3.05, 3.63) is 29.3 Å². The highest BCUT2D eigenvalue weighted by atomic mass is 16.5. The lowest BCUT2D eigenvalue weighted by Crippen LogP contribution is -2.36. The molecular weight excluding hydrogens is 210 g/mol. The van der Waals surface area contributed by atoms with Gasteiger partial charge in [0.15, 0.2) is 0 Å². The molecule has 2 nitrogen and oxygen atoms in total. The Morgan fingerprint density at radius 3 is 2.76 bits per heavy atom. The van der Waals surface area contributed by atoms with Crippen LogP contribution < -0.4 is 10.1 Å². The lowest BCUT2D eigenvalue weighted by molar-refractivity contribution is 0.249. The SMILES string of the molecule is CCNC(COc1cccc(C)c1C)C1CC1. The average Bonchev–Trinajstić information content (AvgIpc) is 3.13. The average molecular weight is 233 g/mol. The predicted molar refractivity (Wildman–Crippen MR) is 71.6 cm³/mol. The molecule has 0 aliphatic heterocycles. The van der Waals surface area contributed by atoms with E-state index in [2.05, 4.69) is 44.3 Å². The summed E-state index contributed by atoms with van der Waals surface area (Å²) in [7, 11) is 0. The monoisotopic (exact) mass is 233 g/mol. The van der Waals surface area contributed by atoms with E-state index < -0.39 is 0 Å². The van der Waals surface area contributed by atoms with E-state index in [9.17, 15) is 0 Å². The molecule has 94 valence electrons. The van der Waals surface area contributed by atoms with Gasteiger partial charge in [-0.2, -0.15) is 0 Å². The van der Waals surface area contributed by atoms with Crippen LogP contribution >= 0.6 is 0 Å². The normalized spacial score (nSPS) is 16.9. The molecule has 0 spiro atoms. The Balaban J connectivity index is 1.93. The first-order valence-corrected chi connectivity index (χ1v) is 6.64. The molecule has 0 aromatic heterocycles. The topological polar surface area (TPSA) is 21.3 Å². The molecule has 1 aromatic rings. The Morgan fingerprint density at radius 1 is 1.35 bits per heavy atom. The molecule has 1 unspecified atom stereocenters. The second-order valence-electron chi connectivity index (χ2n) is 5.01. The molecule has 1 atom stereocenters. The third-order valence-electron chi connectivity index (χ3n) is 3.63. The lowest BCUT2D eigenvalue weighted by Gasteiger charge is -2.19. The van der Waals surface area contributed by atoms with Crippen LogP contribution in [-0.4, -0.2) is 19.2 Å². The minimum absolute atomic E-state index is 0.528. The number of nitrogens with one attached hydrogen (secondary N) is 1. The van der Waals surface area contributed by atoms with Crippen molar-refractivity contribution in [3.8, 4) is 5.75 Å². The van der Waals surface area contributed by atoms with E-state index in [-0.39, 0.29) is 0 Å². The fourth-order valence-corrected chi connectivity index (χ4v) is 2.18. The summed E-state index contributed by atoms with van der Waals surface area (Å²) in [5.74, 6) is 1.87. The van der Waals surface area contributed by atoms with Crippen LogP contribution in [0.25, 0.3) is 0 Å². The maximum absolute atomic E-state index is 5.97. The number of hydrogen-bond donors (Lipinski definition) is 1. The van der Waals surface area contributed by atoms with Gasteiger partial charge >= 0.3 is 0 Å². The summed E-state index contributed by atoms with van der Waals surface area (Å²) in [6, 6.07) is 6.79. The fourth-order valence-electron chi connectivity index (χ4n) is 2.18. The van der Waals surface area contributed by atoms with Gasteiger partial charge < -0.3 is 10.1 Å². The van der Waals surface area contributed by atoms with Crippen LogP contribution in [0.5, 0.6) is 5.75 Å². The molecule has 0 bridgehead atoms. The van der Waals surface area contributed by atoms with Crippen molar-refractivity contribution >= 4 is 0 Å². The van der Waals surface area contributed by atoms with Gasteiger partial charge in [0.1, 0.15) is 12.4 Å². The number of benzene rings is 1. The highest BCUT2D eigenvalue weighted by molar-refractivity contribution is 5.38. The van der Waals surface area contributed by atoms with E-state index >= 15 is 0 Å². The smallest absolute Gasteiger partial charge is 0.122 e. The van der Waals surface area contributed by atoms with Gasteiger partial charge in [0, 0.05) is 6.04 Å². The first-order chi connectivity index (χ1) is 8.22. The zero-order chi connectivity index (χ0) is 12.3. The number of likely N-dealkylation sites (N-methyl/N-ethyl adjacent to an activating group) is 1. The summed E-state index contributed by atoms with van der Waals surface area (Å²) in [4.78, 5) is 0. The zero-order valence-electron chi connectivity index (χ0n) is 11.1. The first-order valence-electron chi connectivity index (χ1n) is 6.64. The van der Waals surface area contributed by atoms with E-state index in [1.807, 2.05) is 0 Å². The van der Waals surface area contributed by atoms with Crippen LogP contribution in [0.4, 0.5) is 0 Å². The Kier molecular flexibility index (Phi) is 4.06. The van der Waals surface area contributed by atoms with Crippen molar-refractivity contribution < 1.29 is 4.74 Å². The Hall–Kier alpha value is -1.02. The van der Waals surface area contributed by atoms with Crippen LogP contribution in [0, 0.1) is 19.8 Å². The fraction of sp³-hybridized carbons (Fsp3) is 0.600. The highest BCUT2D eigenvalue weighted by Gasteiger charge is 2.31. The number of ether oxygens (including phenoxy) is 1. The lowest BCUT2D eigenvalue weighted by atomic mass is 10.1. The zero-order valence-corrected chi connectivity index (χ0v) is 11.1. The minimum Gasteiger partial charge on any atom is -0.492 e. The van der Waals surface area contributed by atoms with E-state index in [1.165, 1.54) is 24.0 Å². The van der Waals surface area contributed by atoms with Gasteiger partial charge in [0.2, 0.25) is 0 Å². The van der Waals surface area contributed by atoms with Gasteiger partial charge in [-0.3, -0.25) is 0 Å². The van der Waals surface area contributed by atoms with Crippen LogP contribution in [0.2, 0.25) is 0 Å². The summed E-state index contributed by atoms with van der Waals surface area (Å²) in [5, 5.41) is 3.52. The first kappa shape index (κ1) is 12.4. The third kappa shape index (κ3) is 3.22. The molecule has 0 saturated heterocycles. The van der Waals surface area contributed by atoms with Gasteiger partial charge in [-0.05, 0) is 56.3 Å². The molecule has 1 N–H and O–H groups in total. The highest BCUT2D eigenvalue weighted by Crippen LogP contribution is 2.33. The van der Waals surface area contributed by atoms with E-state index in [4.69, 9.17) is 4.74 Å². The number of aryl methyl sites for hydroxylation is 1. The van der Waals surface area contributed by atoms with Gasteiger partial charge in [0.05, 0.1) is 0 Å². The second kappa shape index (κ2) is 5.54. The van der Waals surface area contributed by atoms with E-state index in [0.717, 1.165) is 24.8 Å². The molecule has 2 rings (SSSR count). The van der Waals surface area contributed by atoms with Crippen molar-refractivity contribution in [2.75, 3.05) is 13.2 Å². The Bertz CT molecular complexity index is 371. The standard InChI is InChI=1S/C15H23NO/c1-4-16-14(13-8-9-13)10-17-15-7-5-6-11(2)12(15)3/h5-7,13-14,16H,4,8-10H2,1-3H3. The maximum atomic E-state index is 5.97. The van der Waals surface area contributed by atoms with Crippen molar-refractivity contribution in [1.82, 2.24) is 5.32 Å². The molecule has 0 heterocycles. The second-order valence-corrected chi connectivity index (χ2v) is 5.01. The van der Waals surface area contributed by atoms with Crippen LogP contribution in [-0.2, 0) is 0 Å². The molecule has 1 aromatic carbocycles. The van der Waals surface area contributed by atoms with Crippen molar-refractivity contribution in [1.29, 1.82) is 0 Å². The summed E-state index contributed by atoms with van der Waals surface area (Å²) in [6.45, 7) is 8.24. The van der Waals surface area contributed by atoms with Crippen molar-refractivity contribution in [2.45, 2.75) is 39.7 Å². The van der Waals surface area contributed by atoms with Gasteiger partial charge in [0.25, 0.3) is 0 Å². The molecule has 1 fully saturated rings. The molecule has 0 amide bonds. The van der Waals surface area contributed by atoms with Crippen LogP contribution in [0.1, 0.15) is 30.9 Å². The van der Waals surface area contributed by atoms with Gasteiger partial charge in [-0.25, -0.2) is 0 Å². The summed E-state index contributed by atoms with van der Waals surface area (Å²) < 4.78 is 5.97. The quantitative estimate of drug-likeness (QED) is 0.815. The van der Waals surface area contributed by atoms with E-state index in [1.54, 1.807) is 0 Å². The largest absolute Gasteiger partial charge is 0.492 e. The molecular formula is C15H23NO. The molecule has 1 saturated carbocycles. The minimum atomic E-state index is 0.528. The van der Waals surface area contributed by atoms with Crippen molar-refractivity contribution in [3.63, 3.8) is 0 Å². The summed E-state index contributed by atoms with van der Waals surface area (Å²) >= 11 is 0. The maximum Gasteiger partial charge on any atom is 0.122 e. The number of rotatable bonds is 6. The summed E-state index contributed by atoms with van der Waals surface area (Å²) in [5.41, 5.74) is 2.56. The van der Waals surface area contributed by atoms with Gasteiger partial charge in [-0.1, -0.05) is 19.1 Å². The van der Waals surface area contributed by atoms with Crippen LogP contribution in [0.3, 0.4) is 0 Å². The molecule has 0 radical (unpaired) electrons. The molecule has 1 aliphatic rings. The number of hydrogen-bond acceptors (Lipinski definition) is 2. The third-order valence-corrected chi connectivity index (χ3v) is 3.63. The van der Waals surface area contributed by atoms with Gasteiger partial charge in [-0.15, -0.1) is 0 Å². The predicted octanol–water partition coefficient (Wildman–Crippen LogP) is 3.07. The molecule has 1 aliphatic carbocycles. The summed E-state index contributed by atoms with van der Waals surface area (Å²) in [6.07, 6.45) is 2.71. The Morgan fingerprint density at radius 2 is 2.12 bits per heavy atom. The molecule has 17 heavy (non-hydrogen) atoms. The molecule has 2 heteroatoms. The van der Waals surface area contributed by atoms with E-state index in [0.29, 0.717) is 6.04 Å².